The molecule has 2 aromatic heterocycles. The zero-order valence-electron chi connectivity index (χ0n) is 10.3. The Hall–Kier alpha value is -0.970. The number of benzene rings is 1. The Kier molecular flexibility index (Phi) is 3.56. The number of carbonyl (C=O) groups excluding carboxylic acids is 1. The summed E-state index contributed by atoms with van der Waals surface area (Å²) in [5.41, 5.74) is 0.811. The molecule has 0 aliphatic rings. The third kappa shape index (κ3) is 2.29. The van der Waals surface area contributed by atoms with Gasteiger partial charge >= 0.3 is 0 Å². The van der Waals surface area contributed by atoms with Gasteiger partial charge in [-0.2, -0.15) is 0 Å². The van der Waals surface area contributed by atoms with Gasteiger partial charge in [0.1, 0.15) is 0 Å². The fourth-order valence-electron chi connectivity index (χ4n) is 2.02. The first-order valence-corrected chi connectivity index (χ1v) is 8.48. The van der Waals surface area contributed by atoms with E-state index in [1.807, 2.05) is 35.7 Å². The second-order valence-corrected chi connectivity index (χ2v) is 7.12. The van der Waals surface area contributed by atoms with E-state index in [1.165, 1.54) is 4.88 Å². The molecule has 2 heterocycles. The van der Waals surface area contributed by atoms with Gasteiger partial charge in [-0.05, 0) is 40.5 Å². The molecule has 0 atom stereocenters. The van der Waals surface area contributed by atoms with Crippen LogP contribution in [0.4, 0.5) is 0 Å². The molecule has 0 aliphatic heterocycles. The summed E-state index contributed by atoms with van der Waals surface area (Å²) in [6.45, 7) is 2.11. The van der Waals surface area contributed by atoms with Crippen molar-refractivity contribution >= 4 is 54.5 Å². The summed E-state index contributed by atoms with van der Waals surface area (Å²) in [4.78, 5) is 14.6. The molecule has 1 aromatic carbocycles. The summed E-state index contributed by atoms with van der Waals surface area (Å²) in [5, 5.41) is 3.00. The van der Waals surface area contributed by atoms with Crippen molar-refractivity contribution in [1.29, 1.82) is 0 Å². The van der Waals surface area contributed by atoms with E-state index in [1.54, 1.807) is 22.7 Å². The monoisotopic (exact) mass is 350 g/mol. The Morgan fingerprint density at radius 2 is 2.11 bits per heavy atom. The van der Waals surface area contributed by atoms with E-state index in [2.05, 4.69) is 22.9 Å². The van der Waals surface area contributed by atoms with Gasteiger partial charge in [0.25, 0.3) is 0 Å². The predicted octanol–water partition coefficient (Wildman–Crippen LogP) is 5.52. The molecular formula is C15H11BrOS2. The second kappa shape index (κ2) is 5.19. The van der Waals surface area contributed by atoms with E-state index in [0.717, 1.165) is 31.4 Å². The first kappa shape index (κ1) is 13.0. The number of rotatable bonds is 3. The van der Waals surface area contributed by atoms with E-state index in [9.17, 15) is 4.79 Å². The number of aryl methyl sites for hydroxylation is 1. The van der Waals surface area contributed by atoms with Crippen molar-refractivity contribution in [3.05, 3.63) is 55.5 Å². The van der Waals surface area contributed by atoms with Crippen LogP contribution < -0.4 is 0 Å². The summed E-state index contributed by atoms with van der Waals surface area (Å²) in [7, 11) is 0. The van der Waals surface area contributed by atoms with Crippen LogP contribution in [0.1, 0.15) is 27.0 Å². The molecule has 3 rings (SSSR count). The molecule has 0 bridgehead atoms. The summed E-state index contributed by atoms with van der Waals surface area (Å²) in [6.07, 6.45) is 0.980. The van der Waals surface area contributed by atoms with E-state index in [-0.39, 0.29) is 5.78 Å². The number of halogens is 1. The predicted molar refractivity (Wildman–Crippen MR) is 86.7 cm³/mol. The van der Waals surface area contributed by atoms with Crippen LogP contribution in [0.2, 0.25) is 0 Å². The van der Waals surface area contributed by atoms with Crippen LogP contribution in [0, 0.1) is 0 Å². The maximum atomic E-state index is 12.6. The normalized spacial score (nSPS) is 11.1. The van der Waals surface area contributed by atoms with Gasteiger partial charge in [0.2, 0.25) is 5.78 Å². The maximum absolute atomic E-state index is 12.6. The first-order chi connectivity index (χ1) is 9.20. The van der Waals surface area contributed by atoms with Crippen LogP contribution in [-0.2, 0) is 6.42 Å². The number of hydrogen-bond acceptors (Lipinski definition) is 3. The summed E-state index contributed by atoms with van der Waals surface area (Å²) >= 11 is 6.74. The lowest BCUT2D eigenvalue weighted by Gasteiger charge is -1.97. The van der Waals surface area contributed by atoms with Crippen molar-refractivity contribution < 1.29 is 4.79 Å². The number of thiophene rings is 2. The SMILES string of the molecule is CCc1ccc(C(=O)c2csc3c(Br)cccc23)s1. The van der Waals surface area contributed by atoms with Crippen molar-refractivity contribution in [3.8, 4) is 0 Å². The van der Waals surface area contributed by atoms with Crippen molar-refractivity contribution in [2.45, 2.75) is 13.3 Å². The lowest BCUT2D eigenvalue weighted by atomic mass is 10.1. The van der Waals surface area contributed by atoms with Crippen LogP contribution >= 0.6 is 38.6 Å². The smallest absolute Gasteiger partial charge is 0.204 e. The third-order valence-corrected chi connectivity index (χ3v) is 6.21. The topological polar surface area (TPSA) is 17.1 Å². The minimum Gasteiger partial charge on any atom is -0.288 e. The largest absolute Gasteiger partial charge is 0.288 e. The zero-order valence-corrected chi connectivity index (χ0v) is 13.5. The van der Waals surface area contributed by atoms with Crippen molar-refractivity contribution in [2.24, 2.45) is 0 Å². The molecule has 0 N–H and O–H groups in total. The molecule has 0 saturated carbocycles. The number of hydrogen-bond donors (Lipinski definition) is 0. The van der Waals surface area contributed by atoms with Gasteiger partial charge in [-0.15, -0.1) is 22.7 Å². The molecule has 0 spiro atoms. The van der Waals surface area contributed by atoms with Gasteiger partial charge in [0.15, 0.2) is 0 Å². The Bertz CT molecular complexity index is 754. The zero-order chi connectivity index (χ0) is 13.4. The van der Waals surface area contributed by atoms with Crippen LogP contribution in [0.5, 0.6) is 0 Å². The molecule has 0 fully saturated rings. The molecular weight excluding hydrogens is 340 g/mol. The summed E-state index contributed by atoms with van der Waals surface area (Å²) in [6, 6.07) is 9.98. The molecule has 96 valence electrons. The molecule has 1 nitrogen and oxygen atoms in total. The lowest BCUT2D eigenvalue weighted by Crippen LogP contribution is -1.96. The van der Waals surface area contributed by atoms with E-state index in [0.29, 0.717) is 0 Å². The number of ketones is 1. The number of carbonyl (C=O) groups is 1. The van der Waals surface area contributed by atoms with Crippen LogP contribution in [0.3, 0.4) is 0 Å². The van der Waals surface area contributed by atoms with Gasteiger partial charge in [-0.1, -0.05) is 19.1 Å². The Morgan fingerprint density at radius 1 is 1.26 bits per heavy atom. The highest BCUT2D eigenvalue weighted by molar-refractivity contribution is 9.10. The minimum atomic E-state index is 0.133. The van der Waals surface area contributed by atoms with Crippen LogP contribution in [0.15, 0.2) is 40.2 Å². The van der Waals surface area contributed by atoms with Gasteiger partial charge in [-0.25, -0.2) is 0 Å². The van der Waals surface area contributed by atoms with E-state index >= 15 is 0 Å². The minimum absolute atomic E-state index is 0.133. The van der Waals surface area contributed by atoms with Crippen molar-refractivity contribution in [3.63, 3.8) is 0 Å². The average molecular weight is 351 g/mol. The quantitative estimate of drug-likeness (QED) is 0.568. The molecule has 0 unspecified atom stereocenters. The van der Waals surface area contributed by atoms with Gasteiger partial charge < -0.3 is 0 Å². The lowest BCUT2D eigenvalue weighted by molar-refractivity contribution is 0.104. The highest BCUT2D eigenvalue weighted by atomic mass is 79.9. The highest BCUT2D eigenvalue weighted by Crippen LogP contribution is 2.34. The molecule has 0 aliphatic carbocycles. The molecule has 0 radical (unpaired) electrons. The fraction of sp³-hybridized carbons (Fsp3) is 0.133. The standard InChI is InChI=1S/C15H11BrOS2/c1-2-9-6-7-13(19-9)14(17)11-8-18-15-10(11)4-3-5-12(15)16/h3-8H,2H2,1H3. The van der Waals surface area contributed by atoms with Crippen molar-refractivity contribution in [1.82, 2.24) is 0 Å². The van der Waals surface area contributed by atoms with Crippen molar-refractivity contribution in [2.75, 3.05) is 0 Å². The molecule has 19 heavy (non-hydrogen) atoms. The van der Waals surface area contributed by atoms with Crippen LogP contribution in [0.25, 0.3) is 10.1 Å². The molecule has 4 heteroatoms. The van der Waals surface area contributed by atoms with Gasteiger partial charge in [0.05, 0.1) is 4.88 Å². The summed E-state index contributed by atoms with van der Waals surface area (Å²) < 4.78 is 2.19. The Labute approximate surface area is 128 Å². The Morgan fingerprint density at radius 3 is 2.84 bits per heavy atom. The molecule has 0 amide bonds. The highest BCUT2D eigenvalue weighted by Gasteiger charge is 2.16. The molecule has 0 saturated heterocycles. The second-order valence-electron chi connectivity index (χ2n) is 4.21. The Balaban J connectivity index is 2.09. The van der Waals surface area contributed by atoms with E-state index < -0.39 is 0 Å². The number of fused-ring (bicyclic) bond motifs is 1. The average Bonchev–Trinajstić information content (AvgIpc) is 3.05. The molecule has 3 aromatic rings. The van der Waals surface area contributed by atoms with Crippen LogP contribution in [-0.4, -0.2) is 5.78 Å². The first-order valence-electron chi connectivity index (χ1n) is 6.00. The van der Waals surface area contributed by atoms with E-state index in [4.69, 9.17) is 0 Å². The maximum Gasteiger partial charge on any atom is 0.204 e. The van der Waals surface area contributed by atoms with Gasteiger partial charge in [0, 0.05) is 30.4 Å². The third-order valence-electron chi connectivity index (χ3n) is 3.03. The van der Waals surface area contributed by atoms with Gasteiger partial charge in [-0.3, -0.25) is 4.79 Å². The fourth-order valence-corrected chi connectivity index (χ4v) is 4.52. The summed E-state index contributed by atoms with van der Waals surface area (Å²) in [5.74, 6) is 0.133.